The zero-order valence-corrected chi connectivity index (χ0v) is 23.8. The van der Waals surface area contributed by atoms with Crippen LogP contribution in [0.15, 0.2) is 11.1 Å². The SMILES string of the molecule is CC(=O)O[C@H]1CC[C@@]2(C)[C@@H](CC[C@@H](C3=C(CBr)[C@@H]4[C@H](C3)O[C@]3(CC[C@@H](C)CO3)[C@H]4C)[C@@H]2CC(=O)O)C1. The average Bonchev–Trinajstić information content (AvgIpc) is 3.30. The van der Waals surface area contributed by atoms with Gasteiger partial charge in [-0.25, -0.2) is 0 Å². The average molecular weight is 568 g/mol. The number of rotatable bonds is 5. The summed E-state index contributed by atoms with van der Waals surface area (Å²) >= 11 is 3.83. The summed E-state index contributed by atoms with van der Waals surface area (Å²) in [5.41, 5.74) is 2.85. The van der Waals surface area contributed by atoms with Crippen molar-refractivity contribution in [3.63, 3.8) is 0 Å². The number of esters is 1. The fourth-order valence-corrected chi connectivity index (χ4v) is 9.61. The number of carbonyl (C=O) groups excluding carboxylic acids is 1. The molecule has 5 rings (SSSR count). The van der Waals surface area contributed by atoms with Crippen LogP contribution in [0.3, 0.4) is 0 Å². The summed E-state index contributed by atoms with van der Waals surface area (Å²) in [5.74, 6) is 0.579. The maximum absolute atomic E-state index is 12.1. The molecule has 10 atom stereocenters. The number of ether oxygens (including phenoxy) is 3. The molecule has 2 saturated heterocycles. The first kappa shape index (κ1) is 26.7. The van der Waals surface area contributed by atoms with Crippen LogP contribution in [0.25, 0.3) is 0 Å². The van der Waals surface area contributed by atoms with Crippen LogP contribution in [-0.4, -0.2) is 47.0 Å². The molecule has 0 radical (unpaired) electrons. The fourth-order valence-electron chi connectivity index (χ4n) is 8.87. The quantitative estimate of drug-likeness (QED) is 0.245. The molecule has 202 valence electrons. The molecule has 1 spiro atoms. The summed E-state index contributed by atoms with van der Waals surface area (Å²) in [6.07, 6.45) is 7.95. The number of carbonyl (C=O) groups is 2. The Morgan fingerprint density at radius 1 is 1.17 bits per heavy atom. The molecule has 0 aromatic heterocycles. The van der Waals surface area contributed by atoms with Gasteiger partial charge < -0.3 is 19.3 Å². The predicted molar refractivity (Wildman–Crippen MR) is 140 cm³/mol. The number of hydrogen-bond acceptors (Lipinski definition) is 5. The molecular weight excluding hydrogens is 524 g/mol. The van der Waals surface area contributed by atoms with Gasteiger partial charge in [-0.3, -0.25) is 9.59 Å². The van der Waals surface area contributed by atoms with Gasteiger partial charge in [-0.2, -0.15) is 0 Å². The molecule has 1 N–H and O–H groups in total. The summed E-state index contributed by atoms with van der Waals surface area (Å²) in [6.45, 7) is 9.11. The van der Waals surface area contributed by atoms with Gasteiger partial charge in [0.05, 0.1) is 12.7 Å². The minimum Gasteiger partial charge on any atom is -0.481 e. The van der Waals surface area contributed by atoms with Gasteiger partial charge in [0.25, 0.3) is 0 Å². The largest absolute Gasteiger partial charge is 0.481 e. The van der Waals surface area contributed by atoms with Gasteiger partial charge in [-0.05, 0) is 74.0 Å². The van der Waals surface area contributed by atoms with E-state index in [1.807, 2.05) is 0 Å². The van der Waals surface area contributed by atoms with Gasteiger partial charge in [0, 0.05) is 36.9 Å². The molecular formula is C29H43BrO6. The monoisotopic (exact) mass is 566 g/mol. The molecule has 2 aliphatic heterocycles. The number of carboxylic acids is 1. The van der Waals surface area contributed by atoms with Crippen LogP contribution in [-0.2, 0) is 23.8 Å². The van der Waals surface area contributed by atoms with Crippen LogP contribution in [0, 0.1) is 40.9 Å². The molecule has 7 heteroatoms. The first-order chi connectivity index (χ1) is 17.1. The summed E-state index contributed by atoms with van der Waals surface area (Å²) in [5, 5.41) is 10.8. The van der Waals surface area contributed by atoms with Crippen molar-refractivity contribution in [2.24, 2.45) is 40.9 Å². The van der Waals surface area contributed by atoms with Gasteiger partial charge in [0.15, 0.2) is 5.79 Å². The molecule has 0 bridgehead atoms. The highest BCUT2D eigenvalue weighted by molar-refractivity contribution is 9.09. The van der Waals surface area contributed by atoms with Crippen molar-refractivity contribution < 1.29 is 28.9 Å². The second-order valence-corrected chi connectivity index (χ2v) is 13.3. The van der Waals surface area contributed by atoms with E-state index in [1.54, 1.807) is 0 Å². The highest BCUT2D eigenvalue weighted by Gasteiger charge is 2.60. The number of carboxylic acid groups (broad SMARTS) is 1. The van der Waals surface area contributed by atoms with E-state index in [1.165, 1.54) is 18.1 Å². The van der Waals surface area contributed by atoms with E-state index < -0.39 is 11.8 Å². The first-order valence-electron chi connectivity index (χ1n) is 14.1. The number of halogens is 1. The molecule has 5 aliphatic rings. The fraction of sp³-hybridized carbons (Fsp3) is 0.862. The van der Waals surface area contributed by atoms with E-state index in [9.17, 15) is 14.7 Å². The summed E-state index contributed by atoms with van der Waals surface area (Å²) < 4.78 is 18.7. The molecule has 0 aromatic rings. The topological polar surface area (TPSA) is 82.1 Å². The molecule has 4 fully saturated rings. The zero-order chi connectivity index (χ0) is 25.8. The summed E-state index contributed by atoms with van der Waals surface area (Å²) in [4.78, 5) is 23.7. The lowest BCUT2D eigenvalue weighted by molar-refractivity contribution is -0.269. The van der Waals surface area contributed by atoms with Crippen LogP contribution in [0.1, 0.15) is 85.5 Å². The van der Waals surface area contributed by atoms with E-state index in [2.05, 4.69) is 36.7 Å². The van der Waals surface area contributed by atoms with Crippen molar-refractivity contribution in [2.75, 3.05) is 11.9 Å². The highest BCUT2D eigenvalue weighted by Crippen LogP contribution is 2.62. The van der Waals surface area contributed by atoms with Crippen molar-refractivity contribution in [3.05, 3.63) is 11.1 Å². The first-order valence-corrected chi connectivity index (χ1v) is 15.2. The number of aliphatic carboxylic acids is 1. The smallest absolute Gasteiger partial charge is 0.303 e. The lowest BCUT2D eigenvalue weighted by Crippen LogP contribution is -2.49. The molecule has 2 heterocycles. The Hall–Kier alpha value is -0.920. The third kappa shape index (κ3) is 4.49. The molecule has 3 aliphatic carbocycles. The number of hydrogen-bond donors (Lipinski definition) is 1. The van der Waals surface area contributed by atoms with Crippen LogP contribution < -0.4 is 0 Å². The van der Waals surface area contributed by atoms with E-state index in [-0.39, 0.29) is 41.8 Å². The maximum atomic E-state index is 12.1. The Labute approximate surface area is 224 Å². The Bertz CT molecular complexity index is 907. The van der Waals surface area contributed by atoms with E-state index >= 15 is 0 Å². The maximum Gasteiger partial charge on any atom is 0.303 e. The second-order valence-electron chi connectivity index (χ2n) is 12.7. The van der Waals surface area contributed by atoms with Gasteiger partial charge in [0.2, 0.25) is 0 Å². The lowest BCUT2D eigenvalue weighted by Gasteiger charge is -2.55. The molecule has 36 heavy (non-hydrogen) atoms. The predicted octanol–water partition coefficient (Wildman–Crippen LogP) is 6.11. The second kappa shape index (κ2) is 10.00. The Morgan fingerprint density at radius 3 is 2.58 bits per heavy atom. The molecule has 0 unspecified atom stereocenters. The number of alkyl halides is 1. The van der Waals surface area contributed by atoms with Gasteiger partial charge in [-0.15, -0.1) is 0 Å². The van der Waals surface area contributed by atoms with Crippen molar-refractivity contribution >= 4 is 27.9 Å². The molecule has 0 amide bonds. The summed E-state index contributed by atoms with van der Waals surface area (Å²) in [7, 11) is 0. The summed E-state index contributed by atoms with van der Waals surface area (Å²) in [6, 6.07) is 0. The van der Waals surface area contributed by atoms with Crippen LogP contribution in [0.4, 0.5) is 0 Å². The molecule has 2 saturated carbocycles. The van der Waals surface area contributed by atoms with Crippen LogP contribution >= 0.6 is 15.9 Å². The Kier molecular flexibility index (Phi) is 7.41. The highest BCUT2D eigenvalue weighted by atomic mass is 79.9. The third-order valence-corrected chi connectivity index (χ3v) is 11.4. The number of fused-ring (bicyclic) bond motifs is 2. The van der Waals surface area contributed by atoms with Crippen molar-refractivity contribution in [1.82, 2.24) is 0 Å². The van der Waals surface area contributed by atoms with Gasteiger partial charge >= 0.3 is 11.9 Å². The van der Waals surface area contributed by atoms with Gasteiger partial charge in [-0.1, -0.05) is 47.8 Å². The molecule has 6 nitrogen and oxygen atoms in total. The van der Waals surface area contributed by atoms with Crippen molar-refractivity contribution in [1.29, 1.82) is 0 Å². The minimum absolute atomic E-state index is 0.0330. The minimum atomic E-state index is -0.707. The Balaban J connectivity index is 1.42. The van der Waals surface area contributed by atoms with Crippen molar-refractivity contribution in [3.8, 4) is 0 Å². The van der Waals surface area contributed by atoms with E-state index in [0.29, 0.717) is 23.7 Å². The van der Waals surface area contributed by atoms with Crippen molar-refractivity contribution in [2.45, 2.75) is 103 Å². The van der Waals surface area contributed by atoms with Crippen LogP contribution in [0.5, 0.6) is 0 Å². The standard InChI is InChI=1S/C29H43BrO6/c1-16-7-10-29(34-15-16)17(2)27-23(14-30)22(12-25(27)36-29)21-6-5-19-11-20(35-18(3)31)8-9-28(19,4)24(21)13-26(32)33/h16-17,19-21,24-25,27H,5-15H2,1-4H3,(H,32,33)/t16-,17+,19+,20+,21+,24+,25+,27-,28+,29-/m1/s1. The van der Waals surface area contributed by atoms with E-state index in [4.69, 9.17) is 14.2 Å². The van der Waals surface area contributed by atoms with Crippen LogP contribution in [0.2, 0.25) is 0 Å². The lowest BCUT2D eigenvalue weighted by atomic mass is 9.50. The normalized spacial score (nSPS) is 46.5. The molecule has 0 aromatic carbocycles. The van der Waals surface area contributed by atoms with E-state index in [0.717, 1.165) is 63.3 Å². The third-order valence-electron chi connectivity index (χ3n) is 10.8. The zero-order valence-electron chi connectivity index (χ0n) is 22.3. The Morgan fingerprint density at radius 2 is 1.94 bits per heavy atom. The van der Waals surface area contributed by atoms with Gasteiger partial charge in [0.1, 0.15) is 6.10 Å².